The van der Waals surface area contributed by atoms with Crippen LogP contribution in [-0.4, -0.2) is 56.8 Å². The number of nitrogens with zero attached hydrogens (tertiary/aromatic N) is 1. The van der Waals surface area contributed by atoms with E-state index in [-0.39, 0.29) is 24.2 Å². The van der Waals surface area contributed by atoms with Crippen LogP contribution in [0.15, 0.2) is 48.5 Å². The molecule has 1 aliphatic heterocycles. The molecule has 0 aromatic heterocycles. The van der Waals surface area contributed by atoms with Crippen LogP contribution in [-0.2, 0) is 16.0 Å². The van der Waals surface area contributed by atoms with Crippen molar-refractivity contribution in [2.24, 2.45) is 0 Å². The summed E-state index contributed by atoms with van der Waals surface area (Å²) in [6, 6.07) is 15.8. The third-order valence-corrected chi connectivity index (χ3v) is 5.55. The Labute approximate surface area is 179 Å². The first kappa shape index (κ1) is 22.1. The number of methoxy groups -OCH3 is 2. The predicted molar refractivity (Wildman–Crippen MR) is 117 cm³/mol. The van der Waals surface area contributed by atoms with Gasteiger partial charge in [-0.2, -0.15) is 0 Å². The fourth-order valence-corrected chi connectivity index (χ4v) is 3.83. The zero-order valence-corrected chi connectivity index (χ0v) is 18.3. The van der Waals surface area contributed by atoms with Gasteiger partial charge in [0, 0.05) is 19.6 Å². The molecule has 3 rings (SSSR count). The zero-order chi connectivity index (χ0) is 21.5. The second kappa shape index (κ2) is 10.5. The Hall–Kier alpha value is -2.57. The lowest BCUT2D eigenvalue weighted by Crippen LogP contribution is -2.52. The van der Waals surface area contributed by atoms with Gasteiger partial charge < -0.3 is 19.5 Å². The molecule has 1 aliphatic rings. The number of amides is 1. The lowest BCUT2D eigenvalue weighted by atomic mass is 10.0. The van der Waals surface area contributed by atoms with Crippen LogP contribution < -0.4 is 14.8 Å². The summed E-state index contributed by atoms with van der Waals surface area (Å²) in [4.78, 5) is 15.0. The molecular formula is C24H32N2O4. The molecule has 0 bridgehead atoms. The number of benzene rings is 2. The molecule has 0 spiro atoms. The Morgan fingerprint density at radius 1 is 1.13 bits per heavy atom. The smallest absolute Gasteiger partial charge is 0.237 e. The van der Waals surface area contributed by atoms with Gasteiger partial charge in [0.05, 0.1) is 32.5 Å². The number of hydrogen-bond donors (Lipinski definition) is 1. The third kappa shape index (κ3) is 5.52. The number of ether oxygens (including phenoxy) is 3. The van der Waals surface area contributed by atoms with Crippen molar-refractivity contribution < 1.29 is 19.0 Å². The van der Waals surface area contributed by atoms with E-state index in [0.717, 1.165) is 24.1 Å². The van der Waals surface area contributed by atoms with Crippen molar-refractivity contribution in [2.45, 2.75) is 38.5 Å². The van der Waals surface area contributed by atoms with E-state index in [1.165, 1.54) is 0 Å². The van der Waals surface area contributed by atoms with Crippen molar-refractivity contribution in [3.8, 4) is 11.5 Å². The normalized spacial score (nSPS) is 20.4. The summed E-state index contributed by atoms with van der Waals surface area (Å²) in [5.41, 5.74) is 2.24. The zero-order valence-electron chi connectivity index (χ0n) is 18.3. The average molecular weight is 413 g/mol. The lowest BCUT2D eigenvalue weighted by Gasteiger charge is -2.39. The topological polar surface area (TPSA) is 60.0 Å². The minimum Gasteiger partial charge on any atom is -0.493 e. The van der Waals surface area contributed by atoms with Crippen LogP contribution in [0.1, 0.15) is 31.1 Å². The molecule has 1 saturated heterocycles. The molecule has 0 aliphatic carbocycles. The summed E-state index contributed by atoms with van der Waals surface area (Å²) in [6.45, 7) is 6.04. The van der Waals surface area contributed by atoms with E-state index in [1.807, 2.05) is 43.3 Å². The van der Waals surface area contributed by atoms with Crippen LogP contribution >= 0.6 is 0 Å². The van der Waals surface area contributed by atoms with Crippen LogP contribution in [0.4, 0.5) is 0 Å². The molecule has 1 heterocycles. The molecule has 162 valence electrons. The molecule has 2 aromatic rings. The first-order chi connectivity index (χ1) is 14.5. The predicted octanol–water partition coefficient (Wildman–Crippen LogP) is 3.21. The number of rotatable bonds is 8. The maximum Gasteiger partial charge on any atom is 0.237 e. The lowest BCUT2D eigenvalue weighted by molar-refractivity contribution is -0.133. The summed E-state index contributed by atoms with van der Waals surface area (Å²) < 4.78 is 16.7. The monoisotopic (exact) mass is 412 g/mol. The van der Waals surface area contributed by atoms with Gasteiger partial charge in [-0.05, 0) is 43.5 Å². The van der Waals surface area contributed by atoms with Crippen LogP contribution in [0.3, 0.4) is 0 Å². The Balaban J connectivity index is 1.53. The molecule has 6 heteroatoms. The highest BCUT2D eigenvalue weighted by Gasteiger charge is 2.31. The standard InChI is InChI=1S/C24H32N2O4/c1-17-15-26(16-23(30-17)20-8-6-5-7-9-20)18(2)24(27)25-13-12-19-10-11-21(28-3)22(14-19)29-4/h5-11,14,17-18,23H,12-13,15-16H2,1-4H3,(H,25,27). The van der Waals surface area contributed by atoms with E-state index >= 15 is 0 Å². The van der Waals surface area contributed by atoms with E-state index < -0.39 is 0 Å². The SMILES string of the molecule is COc1ccc(CCNC(=O)C(C)N2CC(C)OC(c3ccccc3)C2)cc1OC. The summed E-state index contributed by atoms with van der Waals surface area (Å²) in [6.07, 6.45) is 0.785. The van der Waals surface area contributed by atoms with Crippen LogP contribution in [0, 0.1) is 0 Å². The quantitative estimate of drug-likeness (QED) is 0.722. The van der Waals surface area contributed by atoms with Crippen LogP contribution in [0.25, 0.3) is 0 Å². The van der Waals surface area contributed by atoms with E-state index in [4.69, 9.17) is 14.2 Å². The Kier molecular flexibility index (Phi) is 7.71. The van der Waals surface area contributed by atoms with Crippen molar-refractivity contribution >= 4 is 5.91 Å². The van der Waals surface area contributed by atoms with Gasteiger partial charge in [0.15, 0.2) is 11.5 Å². The van der Waals surface area contributed by atoms with Gasteiger partial charge in [0.25, 0.3) is 0 Å². The average Bonchev–Trinajstić information content (AvgIpc) is 2.78. The number of carbonyl (C=O) groups is 1. The highest BCUT2D eigenvalue weighted by molar-refractivity contribution is 5.81. The fraction of sp³-hybridized carbons (Fsp3) is 0.458. The van der Waals surface area contributed by atoms with Gasteiger partial charge in [-0.25, -0.2) is 0 Å². The Morgan fingerprint density at radius 3 is 2.57 bits per heavy atom. The van der Waals surface area contributed by atoms with Gasteiger partial charge >= 0.3 is 0 Å². The van der Waals surface area contributed by atoms with Crippen molar-refractivity contribution in [3.05, 3.63) is 59.7 Å². The highest BCUT2D eigenvalue weighted by Crippen LogP contribution is 2.28. The van der Waals surface area contributed by atoms with Gasteiger partial charge in [-0.1, -0.05) is 36.4 Å². The Bertz CT molecular complexity index is 827. The first-order valence-electron chi connectivity index (χ1n) is 10.4. The largest absolute Gasteiger partial charge is 0.493 e. The molecule has 3 atom stereocenters. The first-order valence-corrected chi connectivity index (χ1v) is 10.4. The second-order valence-corrected chi connectivity index (χ2v) is 7.71. The molecule has 1 amide bonds. The molecular weight excluding hydrogens is 380 g/mol. The van der Waals surface area contributed by atoms with E-state index in [1.54, 1.807) is 14.2 Å². The maximum atomic E-state index is 12.8. The van der Waals surface area contributed by atoms with Crippen molar-refractivity contribution in [2.75, 3.05) is 33.9 Å². The van der Waals surface area contributed by atoms with E-state index in [2.05, 4.69) is 29.3 Å². The van der Waals surface area contributed by atoms with Crippen LogP contribution in [0.2, 0.25) is 0 Å². The van der Waals surface area contributed by atoms with E-state index in [0.29, 0.717) is 24.6 Å². The second-order valence-electron chi connectivity index (χ2n) is 7.71. The molecule has 30 heavy (non-hydrogen) atoms. The van der Waals surface area contributed by atoms with E-state index in [9.17, 15) is 4.79 Å². The van der Waals surface area contributed by atoms with Crippen molar-refractivity contribution in [1.29, 1.82) is 0 Å². The van der Waals surface area contributed by atoms with Gasteiger partial charge in [0.1, 0.15) is 0 Å². The van der Waals surface area contributed by atoms with Crippen molar-refractivity contribution in [1.82, 2.24) is 10.2 Å². The summed E-state index contributed by atoms with van der Waals surface area (Å²) >= 11 is 0. The minimum atomic E-state index is -0.215. The molecule has 0 saturated carbocycles. The number of morpholine rings is 1. The third-order valence-electron chi connectivity index (χ3n) is 5.55. The Morgan fingerprint density at radius 2 is 1.87 bits per heavy atom. The summed E-state index contributed by atoms with van der Waals surface area (Å²) in [5.74, 6) is 1.44. The number of hydrogen-bond acceptors (Lipinski definition) is 5. The molecule has 6 nitrogen and oxygen atoms in total. The minimum absolute atomic E-state index is 0.0167. The summed E-state index contributed by atoms with van der Waals surface area (Å²) in [7, 11) is 3.24. The maximum absolute atomic E-state index is 12.8. The van der Waals surface area contributed by atoms with Gasteiger partial charge in [-0.15, -0.1) is 0 Å². The highest BCUT2D eigenvalue weighted by atomic mass is 16.5. The molecule has 1 fully saturated rings. The molecule has 0 radical (unpaired) electrons. The number of carbonyl (C=O) groups excluding carboxylic acids is 1. The van der Waals surface area contributed by atoms with Crippen molar-refractivity contribution in [3.63, 3.8) is 0 Å². The van der Waals surface area contributed by atoms with Gasteiger partial charge in [-0.3, -0.25) is 9.69 Å². The van der Waals surface area contributed by atoms with Crippen LogP contribution in [0.5, 0.6) is 11.5 Å². The fourth-order valence-electron chi connectivity index (χ4n) is 3.83. The molecule has 2 aromatic carbocycles. The molecule has 1 N–H and O–H groups in total. The number of nitrogens with one attached hydrogen (secondary N) is 1. The van der Waals surface area contributed by atoms with Gasteiger partial charge in [0.2, 0.25) is 5.91 Å². The summed E-state index contributed by atoms with van der Waals surface area (Å²) in [5, 5.41) is 3.07. The molecule has 3 unspecified atom stereocenters.